The molecular weight excluding hydrogens is 529 g/mol. The molecule has 4 N–H and O–H groups in total. The maximum Gasteiger partial charge on any atom is 0.394 e. The van der Waals surface area contributed by atoms with Gasteiger partial charge in [-0.2, -0.15) is 8.42 Å². The van der Waals surface area contributed by atoms with Crippen molar-refractivity contribution in [2.75, 3.05) is 32.9 Å². The van der Waals surface area contributed by atoms with Gasteiger partial charge in [0.15, 0.2) is 0 Å². The van der Waals surface area contributed by atoms with Crippen LogP contribution in [0.4, 0.5) is 4.39 Å². The topological polar surface area (TPSA) is 137 Å². The highest BCUT2D eigenvalue weighted by Crippen LogP contribution is 2.47. The van der Waals surface area contributed by atoms with Crippen molar-refractivity contribution in [2.45, 2.75) is 13.0 Å². The minimum Gasteiger partial charge on any atom is -0.508 e. The third-order valence-electron chi connectivity index (χ3n) is 6.55. The van der Waals surface area contributed by atoms with Crippen LogP contribution in [-0.4, -0.2) is 65.6 Å². The minimum absolute atomic E-state index is 0.176. The number of hydrogen-bond donors (Lipinski definition) is 4. The van der Waals surface area contributed by atoms with Gasteiger partial charge >= 0.3 is 10.4 Å². The summed E-state index contributed by atoms with van der Waals surface area (Å²) in [5.41, 5.74) is 4.56. The van der Waals surface area contributed by atoms with Gasteiger partial charge in [0.1, 0.15) is 35.7 Å². The Labute approximate surface area is 226 Å². The van der Waals surface area contributed by atoms with Crippen LogP contribution in [0.5, 0.6) is 23.0 Å². The molecule has 1 fully saturated rings. The molecule has 9 nitrogen and oxygen atoms in total. The van der Waals surface area contributed by atoms with Crippen LogP contribution in [0.1, 0.15) is 29.7 Å². The first-order chi connectivity index (χ1) is 18.5. The first-order valence-corrected chi connectivity index (χ1v) is 13.6. The predicted octanol–water partition coefficient (Wildman–Crippen LogP) is 4.79. The molecular formula is C28H30FNO8S. The summed E-state index contributed by atoms with van der Waals surface area (Å²) < 4.78 is 56.5. The Morgan fingerprint density at radius 3 is 2.31 bits per heavy atom. The Kier molecular flexibility index (Phi) is 8.76. The maximum atomic E-state index is 12.6. The molecule has 0 unspecified atom stereocenters. The number of phenols is 2. The van der Waals surface area contributed by atoms with E-state index in [2.05, 4.69) is 4.90 Å². The number of fused-ring (bicyclic) bond motifs is 1. The predicted molar refractivity (Wildman–Crippen MR) is 144 cm³/mol. The average Bonchev–Trinajstić information content (AvgIpc) is 2.85. The number of halogens is 1. The molecule has 0 bridgehead atoms. The molecule has 0 saturated carbocycles. The van der Waals surface area contributed by atoms with Gasteiger partial charge in [0.2, 0.25) is 0 Å². The largest absolute Gasteiger partial charge is 0.508 e. The number of aromatic hydroxyl groups is 2. The minimum atomic E-state index is -4.67. The molecule has 0 radical (unpaired) electrons. The fourth-order valence-corrected chi connectivity index (χ4v) is 4.71. The molecule has 5 rings (SSSR count). The third kappa shape index (κ3) is 7.48. The number of benzene rings is 3. The zero-order valence-corrected chi connectivity index (χ0v) is 22.0. The van der Waals surface area contributed by atoms with Gasteiger partial charge in [0.05, 0.1) is 6.67 Å². The van der Waals surface area contributed by atoms with E-state index in [0.717, 1.165) is 53.2 Å². The molecule has 1 atom stereocenters. The Hall–Kier alpha value is -3.64. The summed E-state index contributed by atoms with van der Waals surface area (Å²) in [6.45, 7) is 4.72. The Balaban J connectivity index is 0.000000648. The summed E-state index contributed by atoms with van der Waals surface area (Å²) in [5.74, 6) is 2.01. The lowest BCUT2D eigenvalue weighted by atomic mass is 9.86. The molecule has 1 saturated heterocycles. The number of rotatable bonds is 7. The highest BCUT2D eigenvalue weighted by Gasteiger charge is 2.30. The van der Waals surface area contributed by atoms with Crippen LogP contribution < -0.4 is 9.47 Å². The maximum absolute atomic E-state index is 12.6. The Morgan fingerprint density at radius 1 is 1.00 bits per heavy atom. The number of likely N-dealkylation sites (tertiary alicyclic amines) is 1. The van der Waals surface area contributed by atoms with Crippen LogP contribution in [0.25, 0.3) is 11.1 Å². The molecule has 208 valence electrons. The quantitative estimate of drug-likeness (QED) is 0.301. The lowest BCUT2D eigenvalue weighted by Gasteiger charge is -2.37. The van der Waals surface area contributed by atoms with Crippen molar-refractivity contribution in [3.05, 3.63) is 83.4 Å². The summed E-state index contributed by atoms with van der Waals surface area (Å²) in [4.78, 5) is 2.19. The van der Waals surface area contributed by atoms with E-state index in [1.54, 1.807) is 30.3 Å². The molecule has 39 heavy (non-hydrogen) atoms. The van der Waals surface area contributed by atoms with Crippen LogP contribution >= 0.6 is 0 Å². The number of allylic oxidation sites excluding steroid dienone is 1. The van der Waals surface area contributed by atoms with E-state index in [1.807, 2.05) is 43.3 Å². The van der Waals surface area contributed by atoms with Crippen LogP contribution in [0, 0.1) is 5.92 Å². The van der Waals surface area contributed by atoms with Crippen molar-refractivity contribution in [3.8, 4) is 23.0 Å². The third-order valence-corrected chi connectivity index (χ3v) is 6.55. The molecule has 2 aliphatic rings. The van der Waals surface area contributed by atoms with E-state index in [4.69, 9.17) is 27.0 Å². The summed E-state index contributed by atoms with van der Waals surface area (Å²) >= 11 is 0. The van der Waals surface area contributed by atoms with E-state index in [0.29, 0.717) is 12.4 Å². The van der Waals surface area contributed by atoms with E-state index < -0.39 is 10.4 Å². The van der Waals surface area contributed by atoms with E-state index in [9.17, 15) is 14.6 Å². The number of alkyl halides is 1. The number of nitrogens with zero attached hydrogens (tertiary/aromatic N) is 1. The molecule has 2 aliphatic heterocycles. The average molecular weight is 560 g/mol. The summed E-state index contributed by atoms with van der Waals surface area (Å²) in [6, 6.07) is 20.1. The first kappa shape index (κ1) is 28.4. The lowest BCUT2D eigenvalue weighted by molar-refractivity contribution is 0.0668. The van der Waals surface area contributed by atoms with Crippen molar-refractivity contribution in [2.24, 2.45) is 5.92 Å². The van der Waals surface area contributed by atoms with Gasteiger partial charge in [-0.3, -0.25) is 18.4 Å². The second-order valence-corrected chi connectivity index (χ2v) is 10.3. The van der Waals surface area contributed by atoms with Crippen LogP contribution in [0.2, 0.25) is 0 Å². The molecule has 0 aliphatic carbocycles. The standard InChI is InChI=1S/C28H28FNO4.H2O4S/c1-18-25-14-23(32)7-10-26(25)34-28(27(18)21-3-2-4-22(31)13-21)20-5-8-24(9-6-20)33-12-11-30-16-19(15-29)17-30;1-5(2,3)4/h2-10,13-14,19,28,31-32H,11-12,15-17H2,1H3;(H2,1,2,3,4)/t28-;/m1./s1. The fraction of sp³-hybridized carbons (Fsp3) is 0.286. The van der Waals surface area contributed by atoms with Gasteiger partial charge in [-0.05, 0) is 66.1 Å². The molecule has 0 spiro atoms. The Bertz CT molecular complexity index is 1430. The van der Waals surface area contributed by atoms with Crippen LogP contribution in [-0.2, 0) is 10.4 Å². The molecule has 0 aromatic heterocycles. The summed E-state index contributed by atoms with van der Waals surface area (Å²) in [6.07, 6.45) is -0.383. The van der Waals surface area contributed by atoms with Crippen molar-refractivity contribution in [1.82, 2.24) is 4.90 Å². The molecule has 2 heterocycles. The van der Waals surface area contributed by atoms with Crippen LogP contribution in [0.3, 0.4) is 0 Å². The van der Waals surface area contributed by atoms with E-state index >= 15 is 0 Å². The smallest absolute Gasteiger partial charge is 0.394 e. The second-order valence-electron chi connectivity index (χ2n) is 9.41. The van der Waals surface area contributed by atoms with Crippen molar-refractivity contribution in [1.29, 1.82) is 0 Å². The monoisotopic (exact) mass is 559 g/mol. The fourth-order valence-electron chi connectivity index (χ4n) is 4.71. The van der Waals surface area contributed by atoms with Crippen molar-refractivity contribution < 1.29 is 41.6 Å². The zero-order chi connectivity index (χ0) is 28.2. The second kappa shape index (κ2) is 12.0. The number of ether oxygens (including phenoxy) is 2. The van der Waals surface area contributed by atoms with Gasteiger partial charge in [-0.1, -0.05) is 24.3 Å². The van der Waals surface area contributed by atoms with Crippen molar-refractivity contribution in [3.63, 3.8) is 0 Å². The highest BCUT2D eigenvalue weighted by molar-refractivity contribution is 7.79. The van der Waals surface area contributed by atoms with E-state index in [-0.39, 0.29) is 30.2 Å². The number of hydrogen-bond acceptors (Lipinski definition) is 7. The lowest BCUT2D eigenvalue weighted by Crippen LogP contribution is -2.49. The number of phenolic OH excluding ortho intramolecular Hbond substituents is 2. The van der Waals surface area contributed by atoms with Crippen LogP contribution in [0.15, 0.2) is 66.7 Å². The molecule has 3 aromatic rings. The van der Waals surface area contributed by atoms with Gasteiger partial charge in [-0.25, -0.2) is 0 Å². The van der Waals surface area contributed by atoms with Crippen molar-refractivity contribution >= 4 is 21.5 Å². The first-order valence-electron chi connectivity index (χ1n) is 12.2. The zero-order valence-electron chi connectivity index (χ0n) is 21.2. The molecule has 3 aromatic carbocycles. The molecule has 11 heteroatoms. The normalized spacial score (nSPS) is 17.4. The SMILES string of the molecule is CC1=C(c2cccc(O)c2)[C@@H](c2ccc(OCCN3CC(CF)C3)cc2)Oc2ccc(O)cc21.O=S(=O)(O)O. The van der Waals surface area contributed by atoms with Gasteiger partial charge in [-0.15, -0.1) is 0 Å². The van der Waals surface area contributed by atoms with Gasteiger partial charge in [0, 0.05) is 36.7 Å². The Morgan fingerprint density at radius 2 is 1.67 bits per heavy atom. The van der Waals surface area contributed by atoms with E-state index in [1.165, 1.54) is 0 Å². The van der Waals surface area contributed by atoms with Gasteiger partial charge in [0.25, 0.3) is 0 Å². The summed E-state index contributed by atoms with van der Waals surface area (Å²) in [5, 5.41) is 20.1. The van der Waals surface area contributed by atoms with Gasteiger partial charge < -0.3 is 19.7 Å². The highest BCUT2D eigenvalue weighted by atomic mass is 32.3. The summed E-state index contributed by atoms with van der Waals surface area (Å²) in [7, 11) is -4.67. The molecule has 0 amide bonds.